The van der Waals surface area contributed by atoms with E-state index in [1.54, 1.807) is 18.9 Å². The standard InChI is InChI=1S/C24H22N6OS/c1-31-17-12-10-16(11-13-17)21-20(14-15-6-3-2-4-7-15)32-24-28-27-23(30(24)29-21)22-18-8-5-9-19(18)25-26-22/h2-4,6-7,10-13,20H,5,8-9,14H2,1H3,(H,25,26). The Morgan fingerprint density at radius 3 is 2.72 bits per heavy atom. The van der Waals surface area contributed by atoms with Crippen LogP contribution in [0.5, 0.6) is 5.75 Å². The third-order valence-corrected chi connectivity index (χ3v) is 7.18. The number of benzene rings is 2. The molecule has 2 aliphatic rings. The van der Waals surface area contributed by atoms with E-state index in [9.17, 15) is 0 Å². The second-order valence-corrected chi connectivity index (χ2v) is 9.18. The molecule has 2 aromatic heterocycles. The largest absolute Gasteiger partial charge is 0.497 e. The molecule has 160 valence electrons. The third-order valence-electron chi connectivity index (χ3n) is 6.04. The van der Waals surface area contributed by atoms with Crippen molar-refractivity contribution in [2.45, 2.75) is 36.1 Å². The Kier molecular flexibility index (Phi) is 4.79. The van der Waals surface area contributed by atoms with Crippen LogP contribution in [0.25, 0.3) is 11.5 Å². The van der Waals surface area contributed by atoms with Crippen molar-refractivity contribution in [1.82, 2.24) is 25.1 Å². The van der Waals surface area contributed by atoms with Crippen LogP contribution in [0.2, 0.25) is 0 Å². The lowest BCUT2D eigenvalue weighted by Crippen LogP contribution is -2.26. The minimum atomic E-state index is 0.125. The van der Waals surface area contributed by atoms with Gasteiger partial charge < -0.3 is 4.74 Å². The van der Waals surface area contributed by atoms with Crippen molar-refractivity contribution in [3.8, 4) is 17.3 Å². The Morgan fingerprint density at radius 2 is 1.91 bits per heavy atom. The summed E-state index contributed by atoms with van der Waals surface area (Å²) in [5.41, 5.74) is 6.67. The second kappa shape index (κ2) is 7.94. The lowest BCUT2D eigenvalue weighted by atomic mass is 10.0. The summed E-state index contributed by atoms with van der Waals surface area (Å²) in [6, 6.07) is 18.6. The van der Waals surface area contributed by atoms with E-state index < -0.39 is 0 Å². The van der Waals surface area contributed by atoms with Gasteiger partial charge in [-0.3, -0.25) is 5.10 Å². The number of aromatic amines is 1. The van der Waals surface area contributed by atoms with E-state index in [-0.39, 0.29) is 5.25 Å². The number of methoxy groups -OCH3 is 1. The predicted octanol–water partition coefficient (Wildman–Crippen LogP) is 4.13. The lowest BCUT2D eigenvalue weighted by molar-refractivity contribution is 0.415. The highest BCUT2D eigenvalue weighted by Gasteiger charge is 2.31. The molecular formula is C24H22N6OS. The van der Waals surface area contributed by atoms with Gasteiger partial charge in [0.25, 0.3) is 0 Å². The van der Waals surface area contributed by atoms with Gasteiger partial charge in [-0.05, 0) is 61.1 Å². The Balaban J connectivity index is 1.44. The average molecular weight is 443 g/mol. The first-order valence-corrected chi connectivity index (χ1v) is 11.6. The van der Waals surface area contributed by atoms with Crippen molar-refractivity contribution < 1.29 is 4.74 Å². The second-order valence-electron chi connectivity index (χ2n) is 8.01. The van der Waals surface area contributed by atoms with Gasteiger partial charge in [0.1, 0.15) is 11.4 Å². The summed E-state index contributed by atoms with van der Waals surface area (Å²) in [5, 5.41) is 22.7. The summed E-state index contributed by atoms with van der Waals surface area (Å²) >= 11 is 1.71. The molecule has 0 saturated carbocycles. The van der Waals surface area contributed by atoms with Crippen LogP contribution in [0.4, 0.5) is 0 Å². The van der Waals surface area contributed by atoms with Crippen LogP contribution in [0.1, 0.15) is 28.8 Å². The molecule has 4 aromatic rings. The van der Waals surface area contributed by atoms with E-state index in [1.807, 2.05) is 22.9 Å². The summed E-state index contributed by atoms with van der Waals surface area (Å²) in [7, 11) is 1.68. The van der Waals surface area contributed by atoms with E-state index in [0.29, 0.717) is 5.82 Å². The molecule has 2 aromatic carbocycles. The quantitative estimate of drug-likeness (QED) is 0.503. The molecule has 0 radical (unpaired) electrons. The zero-order valence-corrected chi connectivity index (χ0v) is 18.5. The topological polar surface area (TPSA) is 81.0 Å². The van der Waals surface area contributed by atoms with Gasteiger partial charge in [-0.2, -0.15) is 14.9 Å². The Morgan fingerprint density at radius 1 is 1.06 bits per heavy atom. The average Bonchev–Trinajstić information content (AvgIpc) is 3.55. The summed E-state index contributed by atoms with van der Waals surface area (Å²) in [4.78, 5) is 0. The minimum Gasteiger partial charge on any atom is -0.497 e. The van der Waals surface area contributed by atoms with Crippen molar-refractivity contribution in [3.05, 3.63) is 77.0 Å². The van der Waals surface area contributed by atoms with Gasteiger partial charge in [-0.15, -0.1) is 10.2 Å². The summed E-state index contributed by atoms with van der Waals surface area (Å²) < 4.78 is 7.21. The molecular weight excluding hydrogens is 420 g/mol. The molecule has 32 heavy (non-hydrogen) atoms. The number of fused-ring (bicyclic) bond motifs is 2. The number of ether oxygens (including phenoxy) is 1. The van der Waals surface area contributed by atoms with Gasteiger partial charge in [0.05, 0.1) is 18.1 Å². The SMILES string of the molecule is COc1ccc(C2=Nn3c(nnc3-c3n[nH]c4c3CCC4)SC2Cc2ccccc2)cc1. The normalized spacial score (nSPS) is 17.0. The lowest BCUT2D eigenvalue weighted by Gasteiger charge is -2.23. The van der Waals surface area contributed by atoms with Crippen LogP contribution in [0.15, 0.2) is 64.9 Å². The number of nitrogens with zero attached hydrogens (tertiary/aromatic N) is 5. The first-order valence-electron chi connectivity index (χ1n) is 10.8. The maximum atomic E-state index is 5.35. The minimum absolute atomic E-state index is 0.125. The van der Waals surface area contributed by atoms with E-state index in [4.69, 9.17) is 9.84 Å². The van der Waals surface area contributed by atoms with Crippen LogP contribution in [0, 0.1) is 0 Å². The molecule has 0 amide bonds. The van der Waals surface area contributed by atoms with Crippen molar-refractivity contribution in [1.29, 1.82) is 0 Å². The molecule has 8 heteroatoms. The van der Waals surface area contributed by atoms with E-state index in [2.05, 4.69) is 56.8 Å². The summed E-state index contributed by atoms with van der Waals surface area (Å²) in [5.74, 6) is 1.53. The fourth-order valence-corrected chi connectivity index (χ4v) is 5.55. The maximum absolute atomic E-state index is 5.35. The highest BCUT2D eigenvalue weighted by Crippen LogP contribution is 2.36. The summed E-state index contributed by atoms with van der Waals surface area (Å²) in [6.07, 6.45) is 4.06. The fraction of sp³-hybridized carbons (Fsp3) is 0.250. The van der Waals surface area contributed by atoms with Crippen molar-refractivity contribution >= 4 is 17.5 Å². The first-order chi connectivity index (χ1) is 15.8. The monoisotopic (exact) mass is 442 g/mol. The van der Waals surface area contributed by atoms with Crippen LogP contribution in [0.3, 0.4) is 0 Å². The first kappa shape index (κ1) is 19.3. The van der Waals surface area contributed by atoms with Crippen LogP contribution in [-0.4, -0.2) is 43.1 Å². The molecule has 7 nitrogen and oxygen atoms in total. The third kappa shape index (κ3) is 3.31. The molecule has 0 fully saturated rings. The smallest absolute Gasteiger partial charge is 0.213 e. The number of hydrogen-bond acceptors (Lipinski definition) is 6. The van der Waals surface area contributed by atoms with E-state index >= 15 is 0 Å². The van der Waals surface area contributed by atoms with Gasteiger partial charge in [-0.1, -0.05) is 42.1 Å². The number of H-pyrrole nitrogens is 1. The van der Waals surface area contributed by atoms with E-state index in [1.165, 1.54) is 16.8 Å². The number of rotatable bonds is 5. The highest BCUT2D eigenvalue weighted by atomic mass is 32.2. The van der Waals surface area contributed by atoms with E-state index in [0.717, 1.165) is 53.6 Å². The van der Waals surface area contributed by atoms with Crippen molar-refractivity contribution in [2.24, 2.45) is 5.10 Å². The number of aromatic nitrogens is 5. The number of nitrogens with one attached hydrogen (secondary N) is 1. The van der Waals surface area contributed by atoms with Crippen LogP contribution >= 0.6 is 11.8 Å². The highest BCUT2D eigenvalue weighted by molar-refractivity contribution is 8.00. The number of hydrogen-bond donors (Lipinski definition) is 1. The van der Waals surface area contributed by atoms with Gasteiger partial charge in [-0.25, -0.2) is 0 Å². The molecule has 1 unspecified atom stereocenters. The molecule has 0 spiro atoms. The Bertz CT molecular complexity index is 1290. The Labute approximate surface area is 189 Å². The summed E-state index contributed by atoms with van der Waals surface area (Å²) in [6.45, 7) is 0. The predicted molar refractivity (Wildman–Crippen MR) is 124 cm³/mol. The Hall–Kier alpha value is -3.39. The molecule has 1 atom stereocenters. The molecule has 1 N–H and O–H groups in total. The van der Waals surface area contributed by atoms with Gasteiger partial charge >= 0.3 is 0 Å². The zero-order chi connectivity index (χ0) is 21.5. The van der Waals surface area contributed by atoms with Gasteiger partial charge in [0.2, 0.25) is 11.0 Å². The molecule has 6 rings (SSSR count). The van der Waals surface area contributed by atoms with Gasteiger partial charge in [0, 0.05) is 11.3 Å². The molecule has 1 aliphatic carbocycles. The molecule has 0 saturated heterocycles. The molecule has 1 aliphatic heterocycles. The van der Waals surface area contributed by atoms with Crippen molar-refractivity contribution in [2.75, 3.05) is 7.11 Å². The molecule has 0 bridgehead atoms. The van der Waals surface area contributed by atoms with Gasteiger partial charge in [0.15, 0.2) is 0 Å². The molecule has 3 heterocycles. The number of aryl methyl sites for hydroxylation is 1. The van der Waals surface area contributed by atoms with Crippen LogP contribution in [-0.2, 0) is 19.3 Å². The fourth-order valence-electron chi connectivity index (χ4n) is 4.41. The van der Waals surface area contributed by atoms with Crippen LogP contribution < -0.4 is 4.74 Å². The zero-order valence-electron chi connectivity index (χ0n) is 17.7. The number of thioether (sulfide) groups is 1. The van der Waals surface area contributed by atoms with Crippen molar-refractivity contribution in [3.63, 3.8) is 0 Å². The maximum Gasteiger partial charge on any atom is 0.213 e.